The minimum Gasteiger partial charge on any atom is -0.504 e. The Labute approximate surface area is 141 Å². The SMILES string of the molecule is COc1ccc(C(=O)NC2COCC2CS(=O)(=O)N(C)C)cc1O. The first-order chi connectivity index (χ1) is 11.2. The topological polar surface area (TPSA) is 105 Å². The summed E-state index contributed by atoms with van der Waals surface area (Å²) in [5.74, 6) is -0.701. The van der Waals surface area contributed by atoms with E-state index in [0.29, 0.717) is 0 Å². The molecule has 0 aliphatic carbocycles. The van der Waals surface area contributed by atoms with Crippen LogP contribution in [0.25, 0.3) is 0 Å². The number of sulfonamides is 1. The van der Waals surface area contributed by atoms with Crippen LogP contribution in [-0.2, 0) is 14.8 Å². The van der Waals surface area contributed by atoms with E-state index < -0.39 is 22.0 Å². The molecule has 2 rings (SSSR count). The van der Waals surface area contributed by atoms with Gasteiger partial charge in [0.25, 0.3) is 5.91 Å². The van der Waals surface area contributed by atoms with Gasteiger partial charge in [-0.15, -0.1) is 0 Å². The molecule has 1 aromatic rings. The minimum atomic E-state index is -3.39. The largest absolute Gasteiger partial charge is 0.504 e. The van der Waals surface area contributed by atoms with E-state index in [1.165, 1.54) is 39.4 Å². The fraction of sp³-hybridized carbons (Fsp3) is 0.533. The van der Waals surface area contributed by atoms with Crippen LogP contribution in [0.2, 0.25) is 0 Å². The number of phenolic OH excluding ortho intramolecular Hbond substituents is 1. The third-order valence-corrected chi connectivity index (χ3v) is 5.90. The fourth-order valence-corrected chi connectivity index (χ4v) is 3.59. The molecule has 0 aromatic heterocycles. The molecule has 0 bridgehead atoms. The van der Waals surface area contributed by atoms with Crippen molar-refractivity contribution in [2.24, 2.45) is 5.92 Å². The summed E-state index contributed by atoms with van der Waals surface area (Å²) in [6.45, 7) is 0.521. The molecule has 0 radical (unpaired) electrons. The number of aromatic hydroxyl groups is 1. The molecule has 1 amide bonds. The van der Waals surface area contributed by atoms with E-state index in [4.69, 9.17) is 9.47 Å². The van der Waals surface area contributed by atoms with Gasteiger partial charge in [0.1, 0.15) is 0 Å². The van der Waals surface area contributed by atoms with Crippen LogP contribution in [0.5, 0.6) is 11.5 Å². The second-order valence-electron chi connectivity index (χ2n) is 5.83. The summed E-state index contributed by atoms with van der Waals surface area (Å²) < 4.78 is 35.4. The first kappa shape index (κ1) is 18.5. The molecule has 0 saturated carbocycles. The number of ether oxygens (including phenoxy) is 2. The standard InChI is InChI=1S/C15H22N2O6S/c1-17(2)24(20,21)9-11-7-23-8-12(11)16-15(19)10-4-5-14(22-3)13(18)6-10/h4-6,11-12,18H,7-9H2,1-3H3,(H,16,19). The Morgan fingerprint density at radius 1 is 1.42 bits per heavy atom. The van der Waals surface area contributed by atoms with Gasteiger partial charge < -0.3 is 19.9 Å². The van der Waals surface area contributed by atoms with Gasteiger partial charge >= 0.3 is 0 Å². The average molecular weight is 358 g/mol. The quantitative estimate of drug-likeness (QED) is 0.744. The third kappa shape index (κ3) is 4.16. The number of hydrogen-bond donors (Lipinski definition) is 2. The summed E-state index contributed by atoms with van der Waals surface area (Å²) in [6, 6.07) is 3.91. The summed E-state index contributed by atoms with van der Waals surface area (Å²) >= 11 is 0. The number of carbonyl (C=O) groups is 1. The van der Waals surface area contributed by atoms with E-state index in [-0.39, 0.29) is 41.9 Å². The van der Waals surface area contributed by atoms with Crippen molar-refractivity contribution in [3.8, 4) is 11.5 Å². The Kier molecular flexibility index (Phi) is 5.68. The number of benzene rings is 1. The van der Waals surface area contributed by atoms with E-state index in [1.807, 2.05) is 0 Å². The Morgan fingerprint density at radius 2 is 2.12 bits per heavy atom. The number of nitrogens with zero attached hydrogens (tertiary/aromatic N) is 1. The predicted octanol–water partition coefficient (Wildman–Crippen LogP) is 0.0370. The normalized spacial score (nSPS) is 21.0. The van der Waals surface area contributed by atoms with Gasteiger partial charge in [-0.25, -0.2) is 12.7 Å². The molecule has 134 valence electrons. The number of methoxy groups -OCH3 is 1. The van der Waals surface area contributed by atoms with Crippen LogP contribution in [0.4, 0.5) is 0 Å². The highest BCUT2D eigenvalue weighted by atomic mass is 32.2. The summed E-state index contributed by atoms with van der Waals surface area (Å²) in [5, 5.41) is 12.5. The highest BCUT2D eigenvalue weighted by Crippen LogP contribution is 2.26. The number of hydrogen-bond acceptors (Lipinski definition) is 6. The van der Waals surface area contributed by atoms with E-state index in [1.54, 1.807) is 0 Å². The lowest BCUT2D eigenvalue weighted by Crippen LogP contribution is -2.43. The van der Waals surface area contributed by atoms with E-state index in [2.05, 4.69) is 5.32 Å². The molecule has 1 fully saturated rings. The molecule has 1 heterocycles. The molecule has 8 nitrogen and oxygen atoms in total. The molecule has 24 heavy (non-hydrogen) atoms. The lowest BCUT2D eigenvalue weighted by Gasteiger charge is -2.21. The molecule has 1 aromatic carbocycles. The van der Waals surface area contributed by atoms with Crippen LogP contribution in [0.15, 0.2) is 18.2 Å². The summed E-state index contributed by atoms with van der Waals surface area (Å²) in [7, 11) is 0.974. The zero-order valence-corrected chi connectivity index (χ0v) is 14.7. The van der Waals surface area contributed by atoms with Crippen molar-refractivity contribution in [1.29, 1.82) is 0 Å². The maximum absolute atomic E-state index is 12.3. The van der Waals surface area contributed by atoms with Crippen LogP contribution >= 0.6 is 0 Å². The minimum absolute atomic E-state index is 0.0984. The zero-order valence-electron chi connectivity index (χ0n) is 13.9. The van der Waals surface area contributed by atoms with Crippen LogP contribution in [-0.4, -0.2) is 70.0 Å². The van der Waals surface area contributed by atoms with Gasteiger partial charge in [0, 0.05) is 25.6 Å². The van der Waals surface area contributed by atoms with Crippen LogP contribution in [0.3, 0.4) is 0 Å². The molecule has 0 spiro atoms. The molecular weight excluding hydrogens is 336 g/mol. The second-order valence-corrected chi connectivity index (χ2v) is 8.05. The number of nitrogens with one attached hydrogen (secondary N) is 1. The molecular formula is C15H22N2O6S. The smallest absolute Gasteiger partial charge is 0.251 e. The summed E-state index contributed by atoms with van der Waals surface area (Å²) in [5.41, 5.74) is 0.259. The molecule has 1 aliphatic heterocycles. The van der Waals surface area contributed by atoms with Crippen LogP contribution in [0, 0.1) is 5.92 Å². The monoisotopic (exact) mass is 358 g/mol. The van der Waals surface area contributed by atoms with Crippen molar-refractivity contribution in [1.82, 2.24) is 9.62 Å². The number of phenols is 1. The molecule has 1 saturated heterocycles. The second kappa shape index (κ2) is 7.37. The Balaban J connectivity index is 2.06. The molecule has 2 N–H and O–H groups in total. The van der Waals surface area contributed by atoms with E-state index in [9.17, 15) is 18.3 Å². The highest BCUT2D eigenvalue weighted by Gasteiger charge is 2.34. The van der Waals surface area contributed by atoms with Crippen molar-refractivity contribution < 1.29 is 27.8 Å². The Bertz CT molecular complexity index is 704. The lowest BCUT2D eigenvalue weighted by atomic mass is 10.1. The third-order valence-electron chi connectivity index (χ3n) is 3.94. The van der Waals surface area contributed by atoms with Crippen molar-refractivity contribution in [3.05, 3.63) is 23.8 Å². The van der Waals surface area contributed by atoms with E-state index in [0.717, 1.165) is 4.31 Å². The van der Waals surface area contributed by atoms with Gasteiger partial charge in [-0.05, 0) is 18.2 Å². The van der Waals surface area contributed by atoms with Crippen molar-refractivity contribution in [2.45, 2.75) is 6.04 Å². The molecule has 2 unspecified atom stereocenters. The summed E-state index contributed by atoms with van der Waals surface area (Å²) in [4.78, 5) is 12.3. The van der Waals surface area contributed by atoms with Gasteiger partial charge in [0.15, 0.2) is 11.5 Å². The van der Waals surface area contributed by atoms with Crippen LogP contribution in [0.1, 0.15) is 10.4 Å². The van der Waals surface area contributed by atoms with Gasteiger partial charge in [0.2, 0.25) is 10.0 Å². The van der Waals surface area contributed by atoms with Gasteiger partial charge in [-0.1, -0.05) is 0 Å². The first-order valence-electron chi connectivity index (χ1n) is 7.40. The number of rotatable bonds is 6. The van der Waals surface area contributed by atoms with Crippen molar-refractivity contribution in [3.63, 3.8) is 0 Å². The van der Waals surface area contributed by atoms with Crippen molar-refractivity contribution in [2.75, 3.05) is 40.2 Å². The van der Waals surface area contributed by atoms with E-state index >= 15 is 0 Å². The highest BCUT2D eigenvalue weighted by molar-refractivity contribution is 7.89. The molecule has 1 aliphatic rings. The zero-order chi connectivity index (χ0) is 17.9. The Morgan fingerprint density at radius 3 is 2.71 bits per heavy atom. The fourth-order valence-electron chi connectivity index (χ4n) is 2.42. The van der Waals surface area contributed by atoms with Gasteiger partial charge in [-0.2, -0.15) is 0 Å². The Hall–Kier alpha value is -1.84. The summed E-state index contributed by atoms with van der Waals surface area (Å²) in [6.07, 6.45) is 0. The van der Waals surface area contributed by atoms with Crippen LogP contribution < -0.4 is 10.1 Å². The lowest BCUT2D eigenvalue weighted by molar-refractivity contribution is 0.0925. The average Bonchev–Trinajstić information content (AvgIpc) is 2.93. The first-order valence-corrected chi connectivity index (χ1v) is 9.01. The van der Waals surface area contributed by atoms with Crippen molar-refractivity contribution >= 4 is 15.9 Å². The number of carbonyl (C=O) groups excluding carboxylic acids is 1. The molecule has 2 atom stereocenters. The number of amides is 1. The predicted molar refractivity (Wildman–Crippen MR) is 87.7 cm³/mol. The molecule has 9 heteroatoms. The van der Waals surface area contributed by atoms with Gasteiger partial charge in [-0.3, -0.25) is 4.79 Å². The van der Waals surface area contributed by atoms with Gasteiger partial charge in [0.05, 0.1) is 32.1 Å². The maximum atomic E-state index is 12.3. The maximum Gasteiger partial charge on any atom is 0.251 e.